The van der Waals surface area contributed by atoms with Crippen LogP contribution in [0.2, 0.25) is 0 Å². The van der Waals surface area contributed by atoms with Gasteiger partial charge in [0.25, 0.3) is 0 Å². The molecule has 0 spiro atoms. The zero-order valence-corrected chi connectivity index (χ0v) is 14.6. The van der Waals surface area contributed by atoms with Crippen LogP contribution in [0.25, 0.3) is 0 Å². The van der Waals surface area contributed by atoms with Crippen molar-refractivity contribution < 1.29 is 33.3 Å². The maximum absolute atomic E-state index is 11.9. The summed E-state index contributed by atoms with van der Waals surface area (Å²) in [5, 5.41) is 6.50. The fraction of sp³-hybridized carbons (Fsp3) is 0.812. The number of carbonyl (C=O) groups excluding carboxylic acids is 2. The van der Waals surface area contributed by atoms with Gasteiger partial charge in [0.15, 0.2) is 0 Å². The van der Waals surface area contributed by atoms with Gasteiger partial charge in [0.2, 0.25) is 0 Å². The zero-order valence-electron chi connectivity index (χ0n) is 14.6. The van der Waals surface area contributed by atoms with E-state index in [1.807, 2.05) is 0 Å². The molecule has 1 aliphatic rings. The summed E-state index contributed by atoms with van der Waals surface area (Å²) < 4.78 is 26.8. The van der Waals surface area contributed by atoms with Gasteiger partial charge in [0, 0.05) is 6.57 Å². The number of rotatable bonds is 4. The minimum Gasteiger partial charge on any atom is -0.462 e. The van der Waals surface area contributed by atoms with E-state index < -0.39 is 17.5 Å². The Labute approximate surface area is 142 Å². The molecule has 0 radical (unpaired) electrons. The van der Waals surface area contributed by atoms with Gasteiger partial charge in [0.1, 0.15) is 23.9 Å². The topological polar surface area (TPSA) is 104 Å². The van der Waals surface area contributed by atoms with Gasteiger partial charge in [-0.15, -0.1) is 0 Å². The summed E-state index contributed by atoms with van der Waals surface area (Å²) in [5.74, 6) is -0.798. The lowest BCUT2D eigenvalue weighted by Crippen LogP contribution is -2.37. The van der Waals surface area contributed by atoms with Crippen LogP contribution in [0.3, 0.4) is 0 Å². The van der Waals surface area contributed by atoms with Gasteiger partial charge in [-0.05, 0) is 20.8 Å². The number of ether oxygens (including phenoxy) is 5. The summed E-state index contributed by atoms with van der Waals surface area (Å²) in [6.45, 7) is 11.1. The first kappa shape index (κ1) is 22.5. The lowest BCUT2D eigenvalue weighted by atomic mass is 9.89. The molecule has 8 nitrogen and oxygen atoms in total. The number of esters is 1. The van der Waals surface area contributed by atoms with Crippen molar-refractivity contribution in [1.82, 2.24) is 0 Å². The molecule has 0 N–H and O–H groups in total. The van der Waals surface area contributed by atoms with E-state index in [0.29, 0.717) is 39.6 Å². The minimum absolute atomic E-state index is 0.0381. The fourth-order valence-corrected chi connectivity index (χ4v) is 1.57. The molecule has 0 amide bonds. The Bertz CT molecular complexity index is 383. The third-order valence-electron chi connectivity index (χ3n) is 3.42. The van der Waals surface area contributed by atoms with Crippen molar-refractivity contribution in [3.8, 4) is 6.57 Å². The molecule has 1 saturated heterocycles. The van der Waals surface area contributed by atoms with Crippen molar-refractivity contribution in [2.75, 3.05) is 52.9 Å². The minimum atomic E-state index is -1.15. The number of nitriles is 1. The lowest BCUT2D eigenvalue weighted by molar-refractivity contribution is -0.163. The monoisotopic (exact) mass is 345 g/mol. The second-order valence-electron chi connectivity index (χ2n) is 5.57. The molecule has 0 saturated carbocycles. The summed E-state index contributed by atoms with van der Waals surface area (Å²) >= 11 is 0. The van der Waals surface area contributed by atoms with Gasteiger partial charge in [-0.3, -0.25) is 9.59 Å². The average Bonchev–Trinajstić information content (AvgIpc) is 2.55. The van der Waals surface area contributed by atoms with Crippen molar-refractivity contribution >= 4 is 11.8 Å². The molecule has 0 aromatic carbocycles. The first-order chi connectivity index (χ1) is 11.4. The highest BCUT2D eigenvalue weighted by atomic mass is 16.6. The number of hydrogen-bond acceptors (Lipinski definition) is 8. The fourth-order valence-electron chi connectivity index (χ4n) is 1.57. The number of hydrogen-bond donors (Lipinski definition) is 0. The standard InChI is InChI=1S/C15H26O7.CHN/c1-12(16)15(2,3)14(17)22-11-13-10-20-7-6-18-4-5-19-8-9-21-13;1-2/h13H,4-11H2,1-3H3;1H. The Morgan fingerprint density at radius 1 is 1.04 bits per heavy atom. The second-order valence-corrected chi connectivity index (χ2v) is 5.57. The van der Waals surface area contributed by atoms with E-state index in [4.69, 9.17) is 28.9 Å². The largest absolute Gasteiger partial charge is 0.462 e. The number of carbonyl (C=O) groups is 2. The molecule has 1 atom stereocenters. The summed E-state index contributed by atoms with van der Waals surface area (Å²) in [4.78, 5) is 23.4. The predicted molar refractivity (Wildman–Crippen MR) is 84.3 cm³/mol. The van der Waals surface area contributed by atoms with Crippen LogP contribution in [-0.2, 0) is 33.3 Å². The molecular weight excluding hydrogens is 318 g/mol. The zero-order chi connectivity index (χ0) is 18.4. The molecule has 138 valence electrons. The van der Waals surface area contributed by atoms with Gasteiger partial charge in [0.05, 0.1) is 46.2 Å². The van der Waals surface area contributed by atoms with E-state index in [2.05, 4.69) is 6.57 Å². The van der Waals surface area contributed by atoms with Crippen molar-refractivity contribution in [1.29, 1.82) is 5.26 Å². The van der Waals surface area contributed by atoms with E-state index in [0.717, 1.165) is 0 Å². The molecule has 1 heterocycles. The molecular formula is C16H27NO7. The highest BCUT2D eigenvalue weighted by Gasteiger charge is 2.35. The summed E-state index contributed by atoms with van der Waals surface area (Å²) in [5.41, 5.74) is -1.15. The third-order valence-corrected chi connectivity index (χ3v) is 3.42. The van der Waals surface area contributed by atoms with Crippen molar-refractivity contribution in [2.24, 2.45) is 5.41 Å². The van der Waals surface area contributed by atoms with Crippen LogP contribution in [0.4, 0.5) is 0 Å². The number of Topliss-reactive ketones (excluding diaryl/α,β-unsaturated/α-hetero) is 1. The Kier molecular flexibility index (Phi) is 12.0. The quantitative estimate of drug-likeness (QED) is 0.542. The third kappa shape index (κ3) is 8.93. The normalized spacial score (nSPS) is 20.5. The van der Waals surface area contributed by atoms with Gasteiger partial charge in [-0.2, -0.15) is 0 Å². The first-order valence-corrected chi connectivity index (χ1v) is 7.73. The molecule has 1 fully saturated rings. The van der Waals surface area contributed by atoms with E-state index in [-0.39, 0.29) is 19.0 Å². The Morgan fingerprint density at radius 2 is 1.54 bits per heavy atom. The van der Waals surface area contributed by atoms with Crippen molar-refractivity contribution in [3.05, 3.63) is 0 Å². The molecule has 0 aliphatic carbocycles. The first-order valence-electron chi connectivity index (χ1n) is 7.73. The van der Waals surface area contributed by atoms with E-state index in [9.17, 15) is 9.59 Å². The highest BCUT2D eigenvalue weighted by Crippen LogP contribution is 2.18. The molecule has 24 heavy (non-hydrogen) atoms. The Hall–Kier alpha value is -1.53. The van der Waals surface area contributed by atoms with Crippen LogP contribution in [-0.4, -0.2) is 70.7 Å². The molecule has 1 rings (SSSR count). The second kappa shape index (κ2) is 12.8. The molecule has 1 aliphatic heterocycles. The van der Waals surface area contributed by atoms with Gasteiger partial charge in [-0.1, -0.05) is 0 Å². The Balaban J connectivity index is 0.00000254. The van der Waals surface area contributed by atoms with Crippen LogP contribution in [0, 0.1) is 17.2 Å². The van der Waals surface area contributed by atoms with E-state index in [1.165, 1.54) is 6.92 Å². The maximum atomic E-state index is 11.9. The average molecular weight is 345 g/mol. The number of ketones is 1. The summed E-state index contributed by atoms with van der Waals surface area (Å²) in [6.07, 6.45) is -0.394. The van der Waals surface area contributed by atoms with E-state index in [1.54, 1.807) is 13.8 Å². The van der Waals surface area contributed by atoms with Crippen molar-refractivity contribution in [2.45, 2.75) is 26.9 Å². The van der Waals surface area contributed by atoms with Crippen molar-refractivity contribution in [3.63, 3.8) is 0 Å². The SMILES string of the molecule is C#N.CC(=O)C(C)(C)C(=O)OCC1COCCOCCOCCO1. The molecule has 0 bridgehead atoms. The smallest absolute Gasteiger partial charge is 0.319 e. The highest BCUT2D eigenvalue weighted by molar-refractivity contribution is 6.01. The van der Waals surface area contributed by atoms with Crippen LogP contribution < -0.4 is 0 Å². The van der Waals surface area contributed by atoms with Crippen LogP contribution >= 0.6 is 0 Å². The molecule has 0 aromatic rings. The molecule has 1 unspecified atom stereocenters. The predicted octanol–water partition coefficient (Wildman–Crippen LogP) is 0.733. The van der Waals surface area contributed by atoms with Gasteiger partial charge >= 0.3 is 5.97 Å². The van der Waals surface area contributed by atoms with Crippen LogP contribution in [0.1, 0.15) is 20.8 Å². The van der Waals surface area contributed by atoms with E-state index >= 15 is 0 Å². The number of nitrogens with zero attached hydrogens (tertiary/aromatic N) is 1. The van der Waals surface area contributed by atoms with Gasteiger partial charge < -0.3 is 23.7 Å². The maximum Gasteiger partial charge on any atom is 0.319 e. The molecule has 8 heteroatoms. The lowest BCUT2D eigenvalue weighted by Gasteiger charge is -2.23. The summed E-state index contributed by atoms with van der Waals surface area (Å²) in [7, 11) is 0. The summed E-state index contributed by atoms with van der Waals surface area (Å²) in [6, 6.07) is 0. The van der Waals surface area contributed by atoms with Crippen LogP contribution in [0.5, 0.6) is 0 Å². The molecule has 0 aromatic heterocycles. The Morgan fingerprint density at radius 3 is 2.08 bits per heavy atom. The van der Waals surface area contributed by atoms with Gasteiger partial charge in [-0.25, -0.2) is 5.26 Å². The van der Waals surface area contributed by atoms with Crippen LogP contribution in [0.15, 0.2) is 0 Å².